The number of carbonyl (C=O) groups is 4. The second-order valence-corrected chi connectivity index (χ2v) is 7.88. The molecule has 0 aliphatic carbocycles. The predicted octanol–water partition coefficient (Wildman–Crippen LogP) is 3.29. The molecule has 3 aromatic carbocycles. The van der Waals surface area contributed by atoms with E-state index in [9.17, 15) is 19.2 Å². The van der Waals surface area contributed by atoms with Crippen molar-refractivity contribution in [1.82, 2.24) is 9.97 Å². The van der Waals surface area contributed by atoms with E-state index in [1.807, 2.05) is 0 Å². The molecule has 0 saturated heterocycles. The highest BCUT2D eigenvalue weighted by Crippen LogP contribution is 2.29. The molecule has 6 N–H and O–H groups in total. The van der Waals surface area contributed by atoms with Crippen molar-refractivity contribution in [2.24, 2.45) is 11.5 Å². The Balaban J connectivity index is 1.40. The molecule has 0 aliphatic rings. The van der Waals surface area contributed by atoms with Gasteiger partial charge in [-0.15, -0.1) is 0 Å². The van der Waals surface area contributed by atoms with Gasteiger partial charge in [-0.2, -0.15) is 0 Å². The fraction of sp³-hybridized carbons (Fsp3) is 0. The number of fused-ring (bicyclic) bond motifs is 2. The zero-order chi connectivity index (χ0) is 25.4. The van der Waals surface area contributed by atoms with Crippen LogP contribution in [-0.2, 0) is 0 Å². The zero-order valence-corrected chi connectivity index (χ0v) is 18.5. The maximum Gasteiger partial charge on any atom is 0.344 e. The molecule has 0 bridgehead atoms. The Morgan fingerprint density at radius 2 is 1.03 bits per heavy atom. The van der Waals surface area contributed by atoms with Crippen LogP contribution >= 0.6 is 0 Å². The maximum atomic E-state index is 13.0. The standard InChI is InChI=1S/C26H18N4O6/c27-23(31)13-5-7-17-19(9-13)29-11-21(17)35-25(33)15-3-1-2-4-16(15)26(34)36-22-12-30-20-10-14(24(28)32)6-8-18(20)22/h1-12,29-30H,(H2,27,31)(H2,28,32). The molecule has 0 radical (unpaired) electrons. The highest BCUT2D eigenvalue weighted by atomic mass is 16.5. The Kier molecular flexibility index (Phi) is 5.46. The number of H-pyrrole nitrogens is 2. The Morgan fingerprint density at radius 1 is 0.611 bits per heavy atom. The third-order valence-corrected chi connectivity index (χ3v) is 5.63. The third-order valence-electron chi connectivity index (χ3n) is 5.63. The van der Waals surface area contributed by atoms with Crippen molar-refractivity contribution in [3.05, 3.63) is 95.3 Å². The summed E-state index contributed by atoms with van der Waals surface area (Å²) in [7, 11) is 0. The molecule has 0 saturated carbocycles. The van der Waals surface area contributed by atoms with Crippen LogP contribution in [0.15, 0.2) is 73.1 Å². The number of esters is 2. The number of aromatic amines is 2. The number of benzene rings is 3. The van der Waals surface area contributed by atoms with Gasteiger partial charge < -0.3 is 30.9 Å². The molecule has 0 aliphatic heterocycles. The van der Waals surface area contributed by atoms with Crippen molar-refractivity contribution in [2.75, 3.05) is 0 Å². The molecule has 178 valence electrons. The van der Waals surface area contributed by atoms with Crippen molar-refractivity contribution < 1.29 is 28.7 Å². The Labute approximate surface area is 202 Å². The summed E-state index contributed by atoms with van der Waals surface area (Å²) in [6, 6.07) is 15.5. The van der Waals surface area contributed by atoms with Crippen LogP contribution in [0.2, 0.25) is 0 Å². The monoisotopic (exact) mass is 482 g/mol. The van der Waals surface area contributed by atoms with Gasteiger partial charge in [-0.3, -0.25) is 9.59 Å². The number of aromatic nitrogens is 2. The zero-order valence-electron chi connectivity index (χ0n) is 18.5. The fourth-order valence-corrected chi connectivity index (χ4v) is 3.82. The fourth-order valence-electron chi connectivity index (χ4n) is 3.82. The molecule has 2 heterocycles. The molecule has 0 spiro atoms. The van der Waals surface area contributed by atoms with E-state index in [1.54, 1.807) is 36.4 Å². The summed E-state index contributed by atoms with van der Waals surface area (Å²) in [5, 5.41) is 1.12. The maximum absolute atomic E-state index is 13.0. The lowest BCUT2D eigenvalue weighted by Crippen LogP contribution is -2.17. The van der Waals surface area contributed by atoms with E-state index in [2.05, 4.69) is 9.97 Å². The summed E-state index contributed by atoms with van der Waals surface area (Å²) >= 11 is 0. The molecule has 2 aromatic heterocycles. The first-order valence-electron chi connectivity index (χ1n) is 10.7. The lowest BCUT2D eigenvalue weighted by Gasteiger charge is -2.09. The average Bonchev–Trinajstić information content (AvgIpc) is 3.47. The summed E-state index contributed by atoms with van der Waals surface area (Å²) < 4.78 is 11.1. The average molecular weight is 482 g/mol. The first-order valence-corrected chi connectivity index (χ1v) is 10.7. The van der Waals surface area contributed by atoms with Crippen molar-refractivity contribution in [1.29, 1.82) is 0 Å². The van der Waals surface area contributed by atoms with Crippen LogP contribution in [-0.4, -0.2) is 33.7 Å². The van der Waals surface area contributed by atoms with Gasteiger partial charge in [0.1, 0.15) is 0 Å². The molecule has 10 heteroatoms. The number of nitrogens with one attached hydrogen (secondary N) is 2. The number of primary amides is 2. The molecular formula is C26H18N4O6. The van der Waals surface area contributed by atoms with Crippen molar-refractivity contribution in [3.63, 3.8) is 0 Å². The van der Waals surface area contributed by atoms with Gasteiger partial charge in [0, 0.05) is 34.3 Å². The van der Waals surface area contributed by atoms with Crippen molar-refractivity contribution in [3.8, 4) is 11.5 Å². The van der Waals surface area contributed by atoms with Gasteiger partial charge in [-0.1, -0.05) is 12.1 Å². The van der Waals surface area contributed by atoms with E-state index in [1.165, 1.54) is 36.7 Å². The number of rotatable bonds is 6. The molecular weight excluding hydrogens is 464 g/mol. The van der Waals surface area contributed by atoms with Gasteiger partial charge in [0.05, 0.1) is 22.2 Å². The number of hydrogen-bond acceptors (Lipinski definition) is 6. The lowest BCUT2D eigenvalue weighted by atomic mass is 10.1. The molecule has 2 amide bonds. The smallest absolute Gasteiger partial charge is 0.344 e. The normalized spacial score (nSPS) is 10.9. The predicted molar refractivity (Wildman–Crippen MR) is 130 cm³/mol. The van der Waals surface area contributed by atoms with Crippen LogP contribution in [0.3, 0.4) is 0 Å². The van der Waals surface area contributed by atoms with E-state index in [4.69, 9.17) is 20.9 Å². The number of amides is 2. The number of carbonyl (C=O) groups excluding carboxylic acids is 4. The highest BCUT2D eigenvalue weighted by Gasteiger charge is 2.22. The number of ether oxygens (including phenoxy) is 2. The van der Waals surface area contributed by atoms with Gasteiger partial charge in [-0.25, -0.2) is 9.59 Å². The van der Waals surface area contributed by atoms with E-state index in [0.717, 1.165) is 0 Å². The third kappa shape index (κ3) is 4.03. The number of nitrogens with two attached hydrogens (primary N) is 2. The van der Waals surface area contributed by atoms with Crippen LogP contribution in [0.1, 0.15) is 41.4 Å². The van der Waals surface area contributed by atoms with Gasteiger partial charge in [0.15, 0.2) is 11.5 Å². The summed E-state index contributed by atoms with van der Waals surface area (Å²) in [6.45, 7) is 0. The minimum Gasteiger partial charge on any atom is -0.421 e. The van der Waals surface area contributed by atoms with Crippen LogP contribution in [0.25, 0.3) is 21.8 Å². The SMILES string of the molecule is NC(=O)c1ccc2c(OC(=O)c3ccccc3C(=O)Oc3c[nH]c4cc(C(N)=O)ccc34)c[nH]c2c1. The quantitative estimate of drug-likeness (QED) is 0.271. The van der Waals surface area contributed by atoms with Crippen molar-refractivity contribution >= 4 is 45.6 Å². The van der Waals surface area contributed by atoms with Crippen LogP contribution in [0.5, 0.6) is 11.5 Å². The topological polar surface area (TPSA) is 170 Å². The van der Waals surface area contributed by atoms with Gasteiger partial charge >= 0.3 is 11.9 Å². The van der Waals surface area contributed by atoms with Gasteiger partial charge in [-0.05, 0) is 48.5 Å². The van der Waals surface area contributed by atoms with E-state index in [-0.39, 0.29) is 22.6 Å². The lowest BCUT2D eigenvalue weighted by molar-refractivity contribution is 0.0694. The minimum atomic E-state index is -0.771. The second kappa shape index (κ2) is 8.76. The summed E-state index contributed by atoms with van der Waals surface area (Å²) in [6.07, 6.45) is 2.95. The molecule has 5 rings (SSSR count). The molecule has 36 heavy (non-hydrogen) atoms. The van der Waals surface area contributed by atoms with Crippen LogP contribution in [0, 0.1) is 0 Å². The largest absolute Gasteiger partial charge is 0.421 e. The summed E-state index contributed by atoms with van der Waals surface area (Å²) in [5.74, 6) is -2.27. The van der Waals surface area contributed by atoms with Crippen LogP contribution < -0.4 is 20.9 Å². The first kappa shape index (κ1) is 22.4. The van der Waals surface area contributed by atoms with E-state index in [0.29, 0.717) is 32.9 Å². The Hall–Kier alpha value is -5.38. The van der Waals surface area contributed by atoms with Crippen molar-refractivity contribution in [2.45, 2.75) is 0 Å². The second-order valence-electron chi connectivity index (χ2n) is 7.88. The van der Waals surface area contributed by atoms with E-state index < -0.39 is 23.8 Å². The molecule has 10 nitrogen and oxygen atoms in total. The minimum absolute atomic E-state index is 0.00135. The van der Waals surface area contributed by atoms with Gasteiger partial charge in [0.2, 0.25) is 11.8 Å². The van der Waals surface area contributed by atoms with Crippen LogP contribution in [0.4, 0.5) is 0 Å². The first-order chi connectivity index (χ1) is 17.3. The molecule has 0 fully saturated rings. The summed E-state index contributed by atoms with van der Waals surface area (Å²) in [5.41, 5.74) is 12.3. The van der Waals surface area contributed by atoms with E-state index >= 15 is 0 Å². The number of hydrogen-bond donors (Lipinski definition) is 4. The summed E-state index contributed by atoms with van der Waals surface area (Å²) in [4.78, 5) is 54.7. The van der Waals surface area contributed by atoms with Gasteiger partial charge in [0.25, 0.3) is 0 Å². The Morgan fingerprint density at radius 3 is 1.42 bits per heavy atom. The molecule has 0 unspecified atom stereocenters. The Bertz CT molecular complexity index is 1570. The molecule has 5 aromatic rings. The highest BCUT2D eigenvalue weighted by molar-refractivity contribution is 6.06. The molecule has 0 atom stereocenters.